The minimum Gasteiger partial charge on any atom is -0.391 e. The lowest BCUT2D eigenvalue weighted by Gasteiger charge is -2.26. The zero-order valence-electron chi connectivity index (χ0n) is 44.5. The molecule has 8 nitrogen and oxygen atoms in total. The molecule has 0 radical (unpaired) electrons. The highest BCUT2D eigenvalue weighted by Gasteiger charge is 2.28. The Balaban J connectivity index is 4.13. The second kappa shape index (κ2) is 48.5. The zero-order chi connectivity index (χ0) is 47.8. The van der Waals surface area contributed by atoms with Crippen LogP contribution in [0.15, 0.2) is 0 Å². The van der Waals surface area contributed by atoms with Crippen molar-refractivity contribution < 1.29 is 32.9 Å². The first-order valence-corrected chi connectivity index (χ1v) is 30.4. The lowest BCUT2D eigenvalue weighted by molar-refractivity contribution is -0.870. The molecule has 0 heterocycles. The number of aliphatic hydroxyl groups excluding tert-OH is 1. The number of carbonyl (C=O) groups is 1. The number of quaternary nitrogens is 1. The number of rotatable bonds is 54. The molecule has 65 heavy (non-hydrogen) atoms. The van der Waals surface area contributed by atoms with Crippen LogP contribution in [0.25, 0.3) is 0 Å². The summed E-state index contributed by atoms with van der Waals surface area (Å²) in [5.41, 5.74) is 0. The largest absolute Gasteiger partial charge is 0.472 e. The fourth-order valence-corrected chi connectivity index (χ4v) is 9.79. The van der Waals surface area contributed by atoms with Gasteiger partial charge in [-0.25, -0.2) is 4.57 Å². The maximum Gasteiger partial charge on any atom is 0.472 e. The maximum atomic E-state index is 13.0. The second-order valence-corrected chi connectivity index (χ2v) is 22.8. The first kappa shape index (κ1) is 64.5. The van der Waals surface area contributed by atoms with Crippen LogP contribution in [0.2, 0.25) is 0 Å². The molecule has 3 atom stereocenters. The number of carbonyl (C=O) groups excluding carboxylic acids is 1. The van der Waals surface area contributed by atoms with Crippen molar-refractivity contribution in [2.24, 2.45) is 0 Å². The van der Waals surface area contributed by atoms with Crippen molar-refractivity contribution in [1.82, 2.24) is 5.32 Å². The Morgan fingerprint density at radius 3 is 1.03 bits per heavy atom. The summed E-state index contributed by atoms with van der Waals surface area (Å²) < 4.78 is 23.8. The highest BCUT2D eigenvalue weighted by molar-refractivity contribution is 7.47. The summed E-state index contributed by atoms with van der Waals surface area (Å²) in [7, 11) is 1.64. The van der Waals surface area contributed by atoms with E-state index in [-0.39, 0.29) is 19.1 Å². The molecular weight excluding hydrogens is 828 g/mol. The number of nitrogens with one attached hydrogen (secondary N) is 1. The number of phosphoric acid groups is 1. The average molecular weight is 945 g/mol. The van der Waals surface area contributed by atoms with Crippen molar-refractivity contribution in [2.75, 3.05) is 40.9 Å². The minimum atomic E-state index is -4.32. The normalized spacial score (nSPS) is 13.9. The second-order valence-electron chi connectivity index (χ2n) is 21.4. The highest BCUT2D eigenvalue weighted by Crippen LogP contribution is 2.43. The third-order valence-corrected chi connectivity index (χ3v) is 14.6. The van der Waals surface area contributed by atoms with Crippen LogP contribution < -0.4 is 5.32 Å². The van der Waals surface area contributed by atoms with Gasteiger partial charge in [-0.3, -0.25) is 13.8 Å². The molecule has 0 aromatic heterocycles. The molecular formula is C56H116N2O6P+. The van der Waals surface area contributed by atoms with E-state index in [0.29, 0.717) is 23.9 Å². The van der Waals surface area contributed by atoms with E-state index in [1.54, 1.807) is 0 Å². The molecule has 9 heteroatoms. The van der Waals surface area contributed by atoms with Gasteiger partial charge in [0.1, 0.15) is 13.2 Å². The third-order valence-electron chi connectivity index (χ3n) is 13.6. The summed E-state index contributed by atoms with van der Waals surface area (Å²) in [5, 5.41) is 14.1. The highest BCUT2D eigenvalue weighted by atomic mass is 31.2. The van der Waals surface area contributed by atoms with Gasteiger partial charge in [0, 0.05) is 6.42 Å². The topological polar surface area (TPSA) is 105 Å². The fourth-order valence-electron chi connectivity index (χ4n) is 9.05. The van der Waals surface area contributed by atoms with Crippen LogP contribution in [0.4, 0.5) is 0 Å². The molecule has 0 spiro atoms. The summed E-state index contributed by atoms with van der Waals surface area (Å²) in [6.07, 6.45) is 57.2. The van der Waals surface area contributed by atoms with Gasteiger partial charge in [0.15, 0.2) is 0 Å². The zero-order valence-corrected chi connectivity index (χ0v) is 45.4. The number of amides is 1. The smallest absolute Gasteiger partial charge is 0.391 e. The summed E-state index contributed by atoms with van der Waals surface area (Å²) >= 11 is 0. The minimum absolute atomic E-state index is 0.0792. The van der Waals surface area contributed by atoms with Gasteiger partial charge in [0.25, 0.3) is 0 Å². The van der Waals surface area contributed by atoms with Gasteiger partial charge >= 0.3 is 7.82 Å². The fraction of sp³-hybridized carbons (Fsp3) is 0.982. The van der Waals surface area contributed by atoms with Crippen molar-refractivity contribution >= 4 is 13.7 Å². The molecule has 3 unspecified atom stereocenters. The molecule has 0 rings (SSSR count). The van der Waals surface area contributed by atoms with E-state index in [1.807, 2.05) is 21.1 Å². The van der Waals surface area contributed by atoms with E-state index in [2.05, 4.69) is 19.2 Å². The van der Waals surface area contributed by atoms with Gasteiger partial charge in [0.05, 0.1) is 39.9 Å². The summed E-state index contributed by atoms with van der Waals surface area (Å²) in [4.78, 5) is 23.3. The van der Waals surface area contributed by atoms with E-state index in [9.17, 15) is 19.4 Å². The SMILES string of the molecule is CCCCCCCCCCCCCCCCCCCCCCCCCC(=O)NC(COP(=O)(O)OCC[N+](C)(C)C)C(O)CCCCCCCCCCCCCCCCCCCCCC. The Morgan fingerprint density at radius 1 is 0.462 bits per heavy atom. The predicted octanol–water partition coefficient (Wildman–Crippen LogP) is 17.3. The number of hydrogen-bond acceptors (Lipinski definition) is 5. The number of aliphatic hydroxyl groups is 1. The average Bonchev–Trinajstić information content (AvgIpc) is 3.26. The van der Waals surface area contributed by atoms with Crippen molar-refractivity contribution in [3.63, 3.8) is 0 Å². The molecule has 0 aliphatic carbocycles. The van der Waals surface area contributed by atoms with Gasteiger partial charge in [0.2, 0.25) is 5.91 Å². The maximum absolute atomic E-state index is 13.0. The van der Waals surface area contributed by atoms with Crippen molar-refractivity contribution in [2.45, 2.75) is 315 Å². The Hall–Kier alpha value is -0.500. The van der Waals surface area contributed by atoms with Crippen LogP contribution in [0.5, 0.6) is 0 Å². The molecule has 0 saturated heterocycles. The summed E-state index contributed by atoms with van der Waals surface area (Å²) in [5.74, 6) is -0.136. The molecule has 0 aliphatic rings. The van der Waals surface area contributed by atoms with Gasteiger partial charge in [-0.15, -0.1) is 0 Å². The predicted molar refractivity (Wildman–Crippen MR) is 282 cm³/mol. The molecule has 0 aromatic rings. The van der Waals surface area contributed by atoms with E-state index in [1.165, 1.54) is 238 Å². The van der Waals surface area contributed by atoms with Gasteiger partial charge < -0.3 is 19.8 Å². The van der Waals surface area contributed by atoms with Crippen LogP contribution in [0, 0.1) is 0 Å². The number of likely N-dealkylation sites (N-methyl/N-ethyl adjacent to an activating group) is 1. The molecule has 0 bridgehead atoms. The van der Waals surface area contributed by atoms with Gasteiger partial charge in [-0.2, -0.15) is 0 Å². The summed E-state index contributed by atoms with van der Waals surface area (Å²) in [6.45, 7) is 4.95. The number of nitrogens with zero attached hydrogens (tertiary/aromatic N) is 1. The van der Waals surface area contributed by atoms with Crippen LogP contribution in [0.3, 0.4) is 0 Å². The Morgan fingerprint density at radius 2 is 0.738 bits per heavy atom. The number of unbranched alkanes of at least 4 members (excludes halogenated alkanes) is 41. The third kappa shape index (κ3) is 51.2. The summed E-state index contributed by atoms with van der Waals surface area (Å²) in [6, 6.07) is -0.755. The Kier molecular flexibility index (Phi) is 48.1. The molecule has 390 valence electrons. The quantitative estimate of drug-likeness (QED) is 0.0319. The van der Waals surface area contributed by atoms with Crippen LogP contribution in [-0.4, -0.2) is 73.4 Å². The van der Waals surface area contributed by atoms with Gasteiger partial charge in [-0.1, -0.05) is 284 Å². The number of hydrogen-bond donors (Lipinski definition) is 3. The lowest BCUT2D eigenvalue weighted by Crippen LogP contribution is -2.46. The molecule has 0 fully saturated rings. The molecule has 3 N–H and O–H groups in total. The molecule has 0 aliphatic heterocycles. The molecule has 1 amide bonds. The Labute approximate surface area is 406 Å². The Bertz CT molecular complexity index is 1030. The first-order valence-electron chi connectivity index (χ1n) is 28.9. The van der Waals surface area contributed by atoms with Crippen molar-refractivity contribution in [3.05, 3.63) is 0 Å². The molecule has 0 aromatic carbocycles. The van der Waals surface area contributed by atoms with E-state index < -0.39 is 20.0 Å². The molecule has 0 saturated carbocycles. The van der Waals surface area contributed by atoms with Crippen molar-refractivity contribution in [3.8, 4) is 0 Å². The number of phosphoric ester groups is 1. The van der Waals surface area contributed by atoms with Crippen LogP contribution in [0.1, 0.15) is 303 Å². The first-order chi connectivity index (χ1) is 31.5. The van der Waals surface area contributed by atoms with Crippen LogP contribution in [-0.2, 0) is 18.4 Å². The van der Waals surface area contributed by atoms with Gasteiger partial charge in [-0.05, 0) is 12.8 Å². The van der Waals surface area contributed by atoms with Crippen molar-refractivity contribution in [1.29, 1.82) is 0 Å². The standard InChI is InChI=1S/C56H115N2O6P/c1-6-8-10-12-14-16-18-20-22-24-26-28-29-30-32-34-36-38-40-42-44-46-48-50-56(60)57-54(53-64-65(61,62)63-52-51-58(3,4)5)55(59)49-47-45-43-41-39-37-35-33-31-27-25-23-21-19-17-15-13-11-9-7-2/h54-55,59H,6-53H2,1-5H3,(H-,57,60,61,62)/p+1. The van der Waals surface area contributed by atoms with Crippen LogP contribution >= 0.6 is 7.82 Å². The monoisotopic (exact) mass is 944 g/mol. The lowest BCUT2D eigenvalue weighted by atomic mass is 10.0. The van der Waals surface area contributed by atoms with E-state index >= 15 is 0 Å². The van der Waals surface area contributed by atoms with E-state index in [0.717, 1.165) is 38.5 Å². The van der Waals surface area contributed by atoms with E-state index in [4.69, 9.17) is 9.05 Å².